The fourth-order valence-electron chi connectivity index (χ4n) is 1.21. The highest BCUT2D eigenvalue weighted by molar-refractivity contribution is 5.31. The summed E-state index contributed by atoms with van der Waals surface area (Å²) in [6.07, 6.45) is 4.87. The average molecular weight is 139 g/mol. The first-order valence-corrected chi connectivity index (χ1v) is 3.36. The van der Waals surface area contributed by atoms with E-state index in [4.69, 9.17) is 4.84 Å². The number of rotatable bonds is 0. The van der Waals surface area contributed by atoms with E-state index in [1.165, 1.54) is 0 Å². The van der Waals surface area contributed by atoms with Crippen LogP contribution in [0.25, 0.3) is 0 Å². The van der Waals surface area contributed by atoms with Crippen molar-refractivity contribution in [2.75, 3.05) is 0 Å². The van der Waals surface area contributed by atoms with Gasteiger partial charge in [-0.25, -0.2) is 5.48 Å². The summed E-state index contributed by atoms with van der Waals surface area (Å²) in [6.45, 7) is 0. The molecule has 0 amide bonds. The van der Waals surface area contributed by atoms with Gasteiger partial charge in [-0.3, -0.25) is 0 Å². The molecule has 1 aliphatic heterocycles. The Labute approximate surface area is 58.9 Å². The monoisotopic (exact) mass is 139 g/mol. The molecule has 0 radical (unpaired) electrons. The van der Waals surface area contributed by atoms with E-state index in [1.807, 2.05) is 6.08 Å². The van der Waals surface area contributed by atoms with Gasteiger partial charge in [0.25, 0.3) is 0 Å². The van der Waals surface area contributed by atoms with E-state index in [0.29, 0.717) is 12.8 Å². The molecule has 3 heteroatoms. The minimum Gasteiger partial charge on any atom is -0.392 e. The van der Waals surface area contributed by atoms with Crippen LogP contribution in [0.15, 0.2) is 23.6 Å². The van der Waals surface area contributed by atoms with Gasteiger partial charge in [0.1, 0.15) is 0 Å². The molecule has 1 atom stereocenters. The Bertz CT molecular complexity index is 208. The van der Waals surface area contributed by atoms with Gasteiger partial charge in [-0.05, 0) is 12.5 Å². The van der Waals surface area contributed by atoms with Crippen LogP contribution in [0.3, 0.4) is 0 Å². The lowest BCUT2D eigenvalue weighted by molar-refractivity contribution is 0.144. The van der Waals surface area contributed by atoms with Crippen LogP contribution in [0.1, 0.15) is 12.8 Å². The number of hydrogen-bond donors (Lipinski definition) is 2. The molecule has 54 valence electrons. The summed E-state index contributed by atoms with van der Waals surface area (Å²) in [5.41, 5.74) is 3.71. The summed E-state index contributed by atoms with van der Waals surface area (Å²) in [5, 5.41) is 9.19. The van der Waals surface area contributed by atoms with Gasteiger partial charge in [-0.15, -0.1) is 0 Å². The topological polar surface area (TPSA) is 41.5 Å². The largest absolute Gasteiger partial charge is 0.392 e. The van der Waals surface area contributed by atoms with Gasteiger partial charge in [0.05, 0.1) is 6.10 Å². The van der Waals surface area contributed by atoms with Gasteiger partial charge in [-0.1, -0.05) is 0 Å². The molecule has 0 saturated heterocycles. The molecule has 0 saturated carbocycles. The maximum atomic E-state index is 9.19. The smallest absolute Gasteiger partial charge is 0.155 e. The fourth-order valence-corrected chi connectivity index (χ4v) is 1.21. The first kappa shape index (κ1) is 5.80. The van der Waals surface area contributed by atoms with Crippen LogP contribution in [0.5, 0.6) is 0 Å². The van der Waals surface area contributed by atoms with Crippen LogP contribution in [-0.4, -0.2) is 11.2 Å². The lowest BCUT2D eigenvalue weighted by Crippen LogP contribution is -2.11. The Balaban J connectivity index is 2.25. The summed E-state index contributed by atoms with van der Waals surface area (Å²) in [5.74, 6) is 0.880. The quantitative estimate of drug-likeness (QED) is 0.511. The van der Waals surface area contributed by atoms with Crippen molar-refractivity contribution >= 4 is 0 Å². The first-order valence-electron chi connectivity index (χ1n) is 3.36. The average Bonchev–Trinajstić information content (AvgIpc) is 2.33. The van der Waals surface area contributed by atoms with Crippen molar-refractivity contribution in [3.05, 3.63) is 23.6 Å². The minimum atomic E-state index is -0.224. The number of aliphatic hydroxyl groups excluding tert-OH is 1. The van der Waals surface area contributed by atoms with Crippen LogP contribution >= 0.6 is 0 Å². The van der Waals surface area contributed by atoms with Crippen LogP contribution in [0.2, 0.25) is 0 Å². The Kier molecular flexibility index (Phi) is 1.17. The molecule has 10 heavy (non-hydrogen) atoms. The maximum absolute atomic E-state index is 9.19. The second kappa shape index (κ2) is 2.02. The SMILES string of the molecule is OC1CC=C2ONC=C2C1. The third-order valence-electron chi connectivity index (χ3n) is 1.75. The van der Waals surface area contributed by atoms with E-state index < -0.39 is 0 Å². The zero-order chi connectivity index (χ0) is 6.97. The summed E-state index contributed by atoms with van der Waals surface area (Å²) in [4.78, 5) is 5.01. The number of nitrogens with one attached hydrogen (secondary N) is 1. The Hall–Kier alpha value is -0.960. The van der Waals surface area contributed by atoms with Crippen molar-refractivity contribution in [1.82, 2.24) is 5.48 Å². The van der Waals surface area contributed by atoms with Crippen molar-refractivity contribution in [3.8, 4) is 0 Å². The summed E-state index contributed by atoms with van der Waals surface area (Å²) < 4.78 is 0. The Morgan fingerprint density at radius 3 is 3.50 bits per heavy atom. The summed E-state index contributed by atoms with van der Waals surface area (Å²) in [6, 6.07) is 0. The molecule has 0 spiro atoms. The van der Waals surface area contributed by atoms with Crippen molar-refractivity contribution in [2.45, 2.75) is 18.9 Å². The van der Waals surface area contributed by atoms with Gasteiger partial charge in [0.2, 0.25) is 0 Å². The second-order valence-corrected chi connectivity index (χ2v) is 2.55. The van der Waals surface area contributed by atoms with Crippen molar-refractivity contribution in [1.29, 1.82) is 0 Å². The third kappa shape index (κ3) is 0.789. The maximum Gasteiger partial charge on any atom is 0.155 e. The van der Waals surface area contributed by atoms with E-state index in [-0.39, 0.29) is 6.10 Å². The van der Waals surface area contributed by atoms with Crippen LogP contribution in [0, 0.1) is 0 Å². The predicted octanol–water partition coefficient (Wildman–Crippen LogP) is 0.444. The fraction of sp³-hybridized carbons (Fsp3) is 0.429. The van der Waals surface area contributed by atoms with E-state index >= 15 is 0 Å². The predicted molar refractivity (Wildman–Crippen MR) is 35.6 cm³/mol. The van der Waals surface area contributed by atoms with Gasteiger partial charge < -0.3 is 9.94 Å². The molecule has 0 aromatic heterocycles. The van der Waals surface area contributed by atoms with Crippen molar-refractivity contribution < 1.29 is 9.94 Å². The summed E-state index contributed by atoms with van der Waals surface area (Å²) in [7, 11) is 0. The highest BCUT2D eigenvalue weighted by Gasteiger charge is 2.21. The number of fused-ring (bicyclic) bond motifs is 1. The molecule has 1 unspecified atom stereocenters. The van der Waals surface area contributed by atoms with E-state index in [0.717, 1.165) is 11.3 Å². The zero-order valence-electron chi connectivity index (χ0n) is 5.50. The normalized spacial score (nSPS) is 29.5. The van der Waals surface area contributed by atoms with E-state index in [2.05, 4.69) is 5.48 Å². The molecule has 2 N–H and O–H groups in total. The van der Waals surface area contributed by atoms with Gasteiger partial charge in [0, 0.05) is 18.2 Å². The van der Waals surface area contributed by atoms with Gasteiger partial charge in [0.15, 0.2) is 5.76 Å². The second-order valence-electron chi connectivity index (χ2n) is 2.55. The number of hydroxylamine groups is 1. The number of allylic oxidation sites excluding steroid dienone is 1. The minimum absolute atomic E-state index is 0.224. The lowest BCUT2D eigenvalue weighted by Gasteiger charge is -2.14. The van der Waals surface area contributed by atoms with Crippen molar-refractivity contribution in [2.24, 2.45) is 0 Å². The number of aliphatic hydroxyl groups is 1. The Morgan fingerprint density at radius 1 is 1.70 bits per heavy atom. The molecule has 1 aliphatic carbocycles. The molecule has 3 nitrogen and oxygen atoms in total. The molecule has 1 heterocycles. The molecule has 0 fully saturated rings. The van der Waals surface area contributed by atoms with Crippen LogP contribution in [-0.2, 0) is 4.84 Å². The highest BCUT2D eigenvalue weighted by Crippen LogP contribution is 2.26. The first-order chi connectivity index (χ1) is 4.86. The Morgan fingerprint density at radius 2 is 2.60 bits per heavy atom. The molecule has 0 aromatic carbocycles. The van der Waals surface area contributed by atoms with Crippen LogP contribution < -0.4 is 5.48 Å². The summed E-state index contributed by atoms with van der Waals surface area (Å²) >= 11 is 0. The molecular formula is C7H9NO2. The highest BCUT2D eigenvalue weighted by atomic mass is 16.7. The van der Waals surface area contributed by atoms with Crippen LogP contribution in [0.4, 0.5) is 0 Å². The standard InChI is InChI=1S/C7H9NO2/c9-6-1-2-7-5(3-6)4-8-10-7/h2,4,6,8-9H,1,3H2. The lowest BCUT2D eigenvalue weighted by atomic mass is 9.99. The molecule has 0 aromatic rings. The molecule has 0 bridgehead atoms. The zero-order valence-corrected chi connectivity index (χ0v) is 5.50. The van der Waals surface area contributed by atoms with E-state index in [9.17, 15) is 5.11 Å². The van der Waals surface area contributed by atoms with Gasteiger partial charge >= 0.3 is 0 Å². The van der Waals surface area contributed by atoms with Crippen molar-refractivity contribution in [3.63, 3.8) is 0 Å². The van der Waals surface area contributed by atoms with E-state index in [1.54, 1.807) is 6.20 Å². The third-order valence-corrected chi connectivity index (χ3v) is 1.75. The number of hydrogen-bond acceptors (Lipinski definition) is 3. The van der Waals surface area contributed by atoms with Gasteiger partial charge in [-0.2, -0.15) is 0 Å². The molecule has 2 aliphatic rings. The molecular weight excluding hydrogens is 130 g/mol. The molecule has 2 rings (SSSR count).